The SMILES string of the molecule is CC(O)CN(C(=O)Nc1ccc2c(c1)N(C)CC2)C(C)C. The lowest BCUT2D eigenvalue weighted by Gasteiger charge is -2.28. The number of nitrogens with one attached hydrogen (secondary N) is 1. The lowest BCUT2D eigenvalue weighted by atomic mass is 10.1. The molecule has 1 aromatic carbocycles. The van der Waals surface area contributed by atoms with Gasteiger partial charge in [0.05, 0.1) is 6.10 Å². The highest BCUT2D eigenvalue weighted by molar-refractivity contribution is 5.90. The van der Waals surface area contributed by atoms with Crippen LogP contribution in [0.4, 0.5) is 16.2 Å². The summed E-state index contributed by atoms with van der Waals surface area (Å²) in [7, 11) is 2.06. The van der Waals surface area contributed by atoms with E-state index < -0.39 is 6.10 Å². The number of hydrogen-bond acceptors (Lipinski definition) is 3. The van der Waals surface area contributed by atoms with E-state index in [-0.39, 0.29) is 12.1 Å². The number of aliphatic hydroxyl groups excluding tert-OH is 1. The van der Waals surface area contributed by atoms with Crippen molar-refractivity contribution in [2.24, 2.45) is 0 Å². The number of urea groups is 1. The van der Waals surface area contributed by atoms with Crippen molar-refractivity contribution in [2.75, 3.05) is 30.4 Å². The maximum absolute atomic E-state index is 12.4. The van der Waals surface area contributed by atoms with Crippen LogP contribution in [0.1, 0.15) is 26.3 Å². The van der Waals surface area contributed by atoms with Gasteiger partial charge in [0.15, 0.2) is 0 Å². The number of nitrogens with zero attached hydrogens (tertiary/aromatic N) is 2. The van der Waals surface area contributed by atoms with Crippen LogP contribution in [0.25, 0.3) is 0 Å². The van der Waals surface area contributed by atoms with Crippen molar-refractivity contribution >= 4 is 17.4 Å². The Morgan fingerprint density at radius 1 is 1.43 bits per heavy atom. The van der Waals surface area contributed by atoms with Crippen molar-refractivity contribution in [1.29, 1.82) is 0 Å². The molecular formula is C16H25N3O2. The lowest BCUT2D eigenvalue weighted by Crippen LogP contribution is -2.43. The minimum Gasteiger partial charge on any atom is -0.392 e. The van der Waals surface area contributed by atoms with Gasteiger partial charge in [0.2, 0.25) is 0 Å². The smallest absolute Gasteiger partial charge is 0.322 e. The Bertz CT molecular complexity index is 514. The number of benzene rings is 1. The third kappa shape index (κ3) is 3.67. The molecule has 116 valence electrons. The third-order valence-electron chi connectivity index (χ3n) is 3.81. The number of carbonyl (C=O) groups excluding carboxylic acids is 1. The largest absolute Gasteiger partial charge is 0.392 e. The van der Waals surface area contributed by atoms with Crippen LogP contribution in [-0.4, -0.2) is 48.3 Å². The molecule has 0 aliphatic carbocycles. The second-order valence-electron chi connectivity index (χ2n) is 6.04. The van der Waals surface area contributed by atoms with Gasteiger partial charge in [0, 0.05) is 37.6 Å². The minimum atomic E-state index is -0.538. The van der Waals surface area contributed by atoms with Gasteiger partial charge in [-0.25, -0.2) is 4.79 Å². The first-order valence-corrected chi connectivity index (χ1v) is 7.48. The number of rotatable bonds is 4. The average molecular weight is 291 g/mol. The highest BCUT2D eigenvalue weighted by atomic mass is 16.3. The van der Waals surface area contributed by atoms with E-state index >= 15 is 0 Å². The molecule has 0 radical (unpaired) electrons. The van der Waals surface area contributed by atoms with Crippen molar-refractivity contribution in [3.63, 3.8) is 0 Å². The summed E-state index contributed by atoms with van der Waals surface area (Å²) in [6.45, 7) is 6.92. The molecule has 1 aliphatic rings. The average Bonchev–Trinajstić information content (AvgIpc) is 2.77. The van der Waals surface area contributed by atoms with Gasteiger partial charge in [-0.3, -0.25) is 0 Å². The first-order valence-electron chi connectivity index (χ1n) is 7.48. The summed E-state index contributed by atoms with van der Waals surface area (Å²) in [5.74, 6) is 0. The summed E-state index contributed by atoms with van der Waals surface area (Å²) < 4.78 is 0. The molecule has 5 heteroatoms. The molecule has 1 unspecified atom stereocenters. The second kappa shape index (κ2) is 6.35. The van der Waals surface area contributed by atoms with Gasteiger partial charge in [0.25, 0.3) is 0 Å². The monoisotopic (exact) mass is 291 g/mol. The van der Waals surface area contributed by atoms with E-state index in [0.717, 1.165) is 18.7 Å². The van der Waals surface area contributed by atoms with E-state index in [1.54, 1.807) is 11.8 Å². The Hall–Kier alpha value is -1.75. The Balaban J connectivity index is 2.10. The van der Waals surface area contributed by atoms with E-state index in [1.807, 2.05) is 26.0 Å². The number of anilines is 2. The molecule has 0 aromatic heterocycles. The fourth-order valence-electron chi connectivity index (χ4n) is 2.63. The maximum Gasteiger partial charge on any atom is 0.322 e. The van der Waals surface area contributed by atoms with Crippen LogP contribution in [0, 0.1) is 0 Å². The zero-order valence-electron chi connectivity index (χ0n) is 13.3. The van der Waals surface area contributed by atoms with Gasteiger partial charge in [-0.05, 0) is 44.9 Å². The fourth-order valence-corrected chi connectivity index (χ4v) is 2.63. The van der Waals surface area contributed by atoms with Crippen LogP contribution in [0.3, 0.4) is 0 Å². The number of hydrogen-bond donors (Lipinski definition) is 2. The highest BCUT2D eigenvalue weighted by Gasteiger charge is 2.20. The molecule has 21 heavy (non-hydrogen) atoms. The van der Waals surface area contributed by atoms with Crippen LogP contribution >= 0.6 is 0 Å². The number of amides is 2. The van der Waals surface area contributed by atoms with Gasteiger partial charge >= 0.3 is 6.03 Å². The quantitative estimate of drug-likeness (QED) is 0.895. The first-order chi connectivity index (χ1) is 9.88. The van der Waals surface area contributed by atoms with Gasteiger partial charge < -0.3 is 20.2 Å². The lowest BCUT2D eigenvalue weighted by molar-refractivity contribution is 0.125. The summed E-state index contributed by atoms with van der Waals surface area (Å²) in [5, 5.41) is 12.4. The number of carbonyl (C=O) groups is 1. The standard InChI is InChI=1S/C16H25N3O2/c1-11(2)19(10-12(3)20)16(21)17-14-6-5-13-7-8-18(4)15(13)9-14/h5-6,9,11-12,20H,7-8,10H2,1-4H3,(H,17,21). The highest BCUT2D eigenvalue weighted by Crippen LogP contribution is 2.29. The molecule has 1 aromatic rings. The molecule has 2 amide bonds. The van der Waals surface area contributed by atoms with Crippen molar-refractivity contribution in [2.45, 2.75) is 39.3 Å². The van der Waals surface area contributed by atoms with Crippen LogP contribution in [-0.2, 0) is 6.42 Å². The normalized spacial score (nSPS) is 15.0. The van der Waals surface area contributed by atoms with Crippen molar-refractivity contribution in [3.05, 3.63) is 23.8 Å². The van der Waals surface area contributed by atoms with Crippen molar-refractivity contribution in [1.82, 2.24) is 4.90 Å². The van der Waals surface area contributed by atoms with E-state index in [2.05, 4.69) is 23.3 Å². The molecule has 0 saturated heterocycles. The molecule has 1 atom stereocenters. The molecule has 5 nitrogen and oxygen atoms in total. The Morgan fingerprint density at radius 3 is 2.76 bits per heavy atom. The zero-order chi connectivity index (χ0) is 15.6. The van der Waals surface area contributed by atoms with Crippen LogP contribution < -0.4 is 10.2 Å². The van der Waals surface area contributed by atoms with E-state index in [0.29, 0.717) is 6.54 Å². The molecule has 0 saturated carbocycles. The molecule has 2 rings (SSSR count). The Labute approximate surface area is 126 Å². The van der Waals surface area contributed by atoms with Gasteiger partial charge in [-0.15, -0.1) is 0 Å². The van der Waals surface area contributed by atoms with Crippen LogP contribution in [0.5, 0.6) is 0 Å². The molecule has 0 spiro atoms. The van der Waals surface area contributed by atoms with E-state index in [9.17, 15) is 9.90 Å². The minimum absolute atomic E-state index is 0.0386. The number of fused-ring (bicyclic) bond motifs is 1. The molecule has 2 N–H and O–H groups in total. The van der Waals surface area contributed by atoms with Crippen molar-refractivity contribution in [3.8, 4) is 0 Å². The summed E-state index contributed by atoms with van der Waals surface area (Å²) in [4.78, 5) is 16.2. The van der Waals surface area contributed by atoms with Gasteiger partial charge in [-0.1, -0.05) is 6.07 Å². The summed E-state index contributed by atoms with van der Waals surface area (Å²) in [6.07, 6.45) is 0.518. The maximum atomic E-state index is 12.4. The van der Waals surface area contributed by atoms with Crippen LogP contribution in [0.2, 0.25) is 0 Å². The predicted molar refractivity (Wildman–Crippen MR) is 86.0 cm³/mol. The molecule has 1 aliphatic heterocycles. The Kier molecular flexibility index (Phi) is 4.73. The topological polar surface area (TPSA) is 55.8 Å². The van der Waals surface area contributed by atoms with Crippen LogP contribution in [0.15, 0.2) is 18.2 Å². The van der Waals surface area contributed by atoms with Gasteiger partial charge in [-0.2, -0.15) is 0 Å². The van der Waals surface area contributed by atoms with E-state index in [4.69, 9.17) is 0 Å². The number of likely N-dealkylation sites (N-methyl/N-ethyl adjacent to an activating group) is 1. The van der Waals surface area contributed by atoms with Crippen molar-refractivity contribution < 1.29 is 9.90 Å². The zero-order valence-corrected chi connectivity index (χ0v) is 13.3. The molecule has 0 fully saturated rings. The van der Waals surface area contributed by atoms with Gasteiger partial charge in [0.1, 0.15) is 0 Å². The second-order valence-corrected chi connectivity index (χ2v) is 6.04. The summed E-state index contributed by atoms with van der Waals surface area (Å²) in [5.41, 5.74) is 3.29. The number of aliphatic hydroxyl groups is 1. The third-order valence-corrected chi connectivity index (χ3v) is 3.81. The molecule has 0 bridgehead atoms. The first kappa shape index (κ1) is 15.6. The van der Waals surface area contributed by atoms with E-state index in [1.165, 1.54) is 11.3 Å². The predicted octanol–water partition coefficient (Wildman–Crippen LogP) is 2.30. The molecule has 1 heterocycles. The fraction of sp³-hybridized carbons (Fsp3) is 0.562. The Morgan fingerprint density at radius 2 is 2.14 bits per heavy atom. The molecular weight excluding hydrogens is 266 g/mol. The summed E-state index contributed by atoms with van der Waals surface area (Å²) >= 11 is 0. The summed E-state index contributed by atoms with van der Waals surface area (Å²) in [6, 6.07) is 5.89.